The van der Waals surface area contributed by atoms with E-state index in [2.05, 4.69) is 82.0 Å². The highest BCUT2D eigenvalue weighted by atomic mass is 16.5. The second-order valence-electron chi connectivity index (χ2n) is 7.71. The number of aromatic amines is 1. The van der Waals surface area contributed by atoms with Gasteiger partial charge in [-0.3, -0.25) is 0 Å². The van der Waals surface area contributed by atoms with E-state index >= 15 is 0 Å². The van der Waals surface area contributed by atoms with E-state index in [0.717, 1.165) is 36.2 Å². The molecular weight excluding hydrogens is 370 g/mol. The number of hydrogen-bond acceptors (Lipinski definition) is 3. The zero-order valence-corrected chi connectivity index (χ0v) is 17.1. The summed E-state index contributed by atoms with van der Waals surface area (Å²) in [7, 11) is 1.67. The van der Waals surface area contributed by atoms with Gasteiger partial charge in [0.15, 0.2) is 0 Å². The number of nitrogens with zero attached hydrogens (tertiary/aromatic N) is 1. The first-order valence-corrected chi connectivity index (χ1v) is 10.4. The number of fused-ring (bicyclic) bond motifs is 1. The number of benzene rings is 2. The molecule has 0 saturated heterocycles. The normalized spacial score (nSPS) is 16.4. The number of para-hydroxylation sites is 1. The van der Waals surface area contributed by atoms with Crippen molar-refractivity contribution in [2.45, 2.75) is 18.9 Å². The van der Waals surface area contributed by atoms with Gasteiger partial charge in [0.2, 0.25) is 5.88 Å². The first-order chi connectivity index (χ1) is 14.8. The minimum Gasteiger partial charge on any atom is -0.481 e. The molecule has 150 valence electrons. The molecule has 1 unspecified atom stereocenters. The quantitative estimate of drug-likeness (QED) is 0.487. The van der Waals surface area contributed by atoms with Gasteiger partial charge < -0.3 is 15.0 Å². The Morgan fingerprint density at radius 1 is 1.00 bits per heavy atom. The Labute approximate surface area is 176 Å². The van der Waals surface area contributed by atoms with E-state index in [1.165, 1.54) is 22.1 Å². The lowest BCUT2D eigenvalue weighted by Gasteiger charge is -2.25. The fourth-order valence-electron chi connectivity index (χ4n) is 4.44. The smallest absolute Gasteiger partial charge is 0.222 e. The molecule has 0 spiro atoms. The van der Waals surface area contributed by atoms with Crippen LogP contribution in [0.5, 0.6) is 5.88 Å². The summed E-state index contributed by atoms with van der Waals surface area (Å²) >= 11 is 0. The molecule has 5 rings (SSSR count). The van der Waals surface area contributed by atoms with Gasteiger partial charge in [0, 0.05) is 35.2 Å². The molecule has 2 N–H and O–H groups in total. The van der Waals surface area contributed by atoms with Gasteiger partial charge >= 0.3 is 0 Å². The highest BCUT2D eigenvalue weighted by Crippen LogP contribution is 2.40. The van der Waals surface area contributed by atoms with Gasteiger partial charge in [-0.2, -0.15) is 0 Å². The van der Waals surface area contributed by atoms with Crippen LogP contribution in [-0.2, 0) is 6.42 Å². The van der Waals surface area contributed by atoms with Crippen molar-refractivity contribution in [3.8, 4) is 17.1 Å². The van der Waals surface area contributed by atoms with Gasteiger partial charge in [-0.15, -0.1) is 0 Å². The number of methoxy groups -OCH3 is 1. The Bertz CT molecular complexity index is 1190. The van der Waals surface area contributed by atoms with E-state index in [1.807, 2.05) is 6.07 Å². The molecule has 1 atom stereocenters. The summed E-state index contributed by atoms with van der Waals surface area (Å²) in [5.41, 5.74) is 7.19. The van der Waals surface area contributed by atoms with Crippen LogP contribution in [0, 0.1) is 0 Å². The number of hydrogen-bond donors (Lipinski definition) is 2. The van der Waals surface area contributed by atoms with Crippen LogP contribution < -0.4 is 10.1 Å². The van der Waals surface area contributed by atoms with Crippen LogP contribution in [0.1, 0.15) is 17.5 Å². The summed E-state index contributed by atoms with van der Waals surface area (Å²) in [5, 5.41) is 4.91. The molecule has 4 aromatic rings. The van der Waals surface area contributed by atoms with E-state index in [-0.39, 0.29) is 0 Å². The van der Waals surface area contributed by atoms with Gasteiger partial charge in [0.05, 0.1) is 18.4 Å². The zero-order chi connectivity index (χ0) is 20.3. The largest absolute Gasteiger partial charge is 0.481 e. The van der Waals surface area contributed by atoms with Gasteiger partial charge in [-0.25, -0.2) is 4.98 Å². The highest BCUT2D eigenvalue weighted by Gasteiger charge is 2.23. The second kappa shape index (κ2) is 8.17. The Kier molecular flexibility index (Phi) is 5.08. The summed E-state index contributed by atoms with van der Waals surface area (Å²) in [6.07, 6.45) is 6.09. The number of ether oxygens (including phenoxy) is 1. The number of H-pyrrole nitrogens is 1. The van der Waals surface area contributed by atoms with E-state index < -0.39 is 0 Å². The van der Waals surface area contributed by atoms with Crippen LogP contribution in [-0.4, -0.2) is 29.7 Å². The predicted molar refractivity (Wildman–Crippen MR) is 123 cm³/mol. The molecule has 4 nitrogen and oxygen atoms in total. The van der Waals surface area contributed by atoms with Crippen LogP contribution in [0.2, 0.25) is 0 Å². The third-order valence-electron chi connectivity index (χ3n) is 5.81. The fraction of sp³-hybridized carbons (Fsp3) is 0.192. The molecule has 1 aliphatic rings. The maximum atomic E-state index is 5.58. The van der Waals surface area contributed by atoms with E-state index in [1.54, 1.807) is 13.3 Å². The maximum absolute atomic E-state index is 5.58. The van der Waals surface area contributed by atoms with Gasteiger partial charge in [-0.1, -0.05) is 54.6 Å². The van der Waals surface area contributed by atoms with Crippen molar-refractivity contribution in [1.29, 1.82) is 0 Å². The molecule has 2 aromatic carbocycles. The average molecular weight is 396 g/mol. The van der Waals surface area contributed by atoms with Gasteiger partial charge in [0.25, 0.3) is 0 Å². The summed E-state index contributed by atoms with van der Waals surface area (Å²) in [6, 6.07) is 23.7. The van der Waals surface area contributed by atoms with Gasteiger partial charge in [-0.05, 0) is 42.2 Å². The van der Waals surface area contributed by atoms with Crippen LogP contribution in [0.4, 0.5) is 0 Å². The van der Waals surface area contributed by atoms with Crippen molar-refractivity contribution in [1.82, 2.24) is 15.3 Å². The maximum Gasteiger partial charge on any atom is 0.222 e. The minimum absolute atomic E-state index is 0.407. The Hall–Kier alpha value is -3.37. The Morgan fingerprint density at radius 3 is 2.70 bits per heavy atom. The topological polar surface area (TPSA) is 49.9 Å². The van der Waals surface area contributed by atoms with Crippen LogP contribution in [0.15, 0.2) is 79.0 Å². The van der Waals surface area contributed by atoms with Crippen molar-refractivity contribution in [2.24, 2.45) is 0 Å². The summed E-state index contributed by atoms with van der Waals surface area (Å²) in [4.78, 5) is 8.06. The molecule has 0 aliphatic carbocycles. The zero-order valence-electron chi connectivity index (χ0n) is 17.1. The third kappa shape index (κ3) is 3.51. The van der Waals surface area contributed by atoms with Crippen LogP contribution in [0.3, 0.4) is 0 Å². The fourth-order valence-corrected chi connectivity index (χ4v) is 4.44. The molecule has 3 heterocycles. The van der Waals surface area contributed by atoms with Crippen molar-refractivity contribution in [3.63, 3.8) is 0 Å². The van der Waals surface area contributed by atoms with E-state index in [0.29, 0.717) is 11.9 Å². The predicted octanol–water partition coefficient (Wildman–Crippen LogP) is 5.23. The number of nitrogens with one attached hydrogen (secondary N) is 2. The monoisotopic (exact) mass is 395 g/mol. The Morgan fingerprint density at radius 2 is 1.83 bits per heavy atom. The summed E-state index contributed by atoms with van der Waals surface area (Å²) < 4.78 is 5.58. The molecule has 2 aromatic heterocycles. The minimum atomic E-state index is 0.407. The lowest BCUT2D eigenvalue weighted by Crippen LogP contribution is -2.34. The number of rotatable bonds is 5. The first kappa shape index (κ1) is 18.6. The molecule has 4 heteroatoms. The van der Waals surface area contributed by atoms with Crippen LogP contribution in [0.25, 0.3) is 27.7 Å². The summed E-state index contributed by atoms with van der Waals surface area (Å²) in [5.74, 6) is 0.640. The molecule has 0 fully saturated rings. The standard InChI is InChI=1S/C26H25N3O/c1-30-26-22(11-7-14-28-26)25-24(21-10-5-6-12-23(21)29-25)19-13-15-27-20(17-19)16-18-8-3-2-4-9-18/h2-14,20,27,29H,15-17H2,1H3. The molecule has 0 saturated carbocycles. The van der Waals surface area contributed by atoms with Crippen molar-refractivity contribution < 1.29 is 4.74 Å². The summed E-state index contributed by atoms with van der Waals surface area (Å²) in [6.45, 7) is 0.871. The van der Waals surface area contributed by atoms with Crippen molar-refractivity contribution in [2.75, 3.05) is 13.7 Å². The lowest BCUT2D eigenvalue weighted by molar-refractivity contribution is 0.399. The van der Waals surface area contributed by atoms with Gasteiger partial charge in [0.1, 0.15) is 0 Å². The Balaban J connectivity index is 1.57. The third-order valence-corrected chi connectivity index (χ3v) is 5.81. The SMILES string of the molecule is COc1ncccc1-c1[nH]c2ccccc2c1C1=CCNC(Cc2ccccc2)C1. The van der Waals surface area contributed by atoms with E-state index in [9.17, 15) is 0 Å². The van der Waals surface area contributed by atoms with Crippen molar-refractivity contribution in [3.05, 3.63) is 90.1 Å². The lowest BCUT2D eigenvalue weighted by atomic mass is 9.89. The number of aromatic nitrogens is 2. The molecular formula is C26H25N3O. The molecule has 30 heavy (non-hydrogen) atoms. The molecule has 0 amide bonds. The second-order valence-corrected chi connectivity index (χ2v) is 7.71. The molecule has 1 aliphatic heterocycles. The first-order valence-electron chi connectivity index (χ1n) is 10.4. The van der Waals surface area contributed by atoms with Crippen molar-refractivity contribution >= 4 is 16.5 Å². The number of pyridine rings is 1. The molecule has 0 bridgehead atoms. The van der Waals surface area contributed by atoms with Crippen LogP contribution >= 0.6 is 0 Å². The highest BCUT2D eigenvalue weighted by molar-refractivity contribution is 6.00. The van der Waals surface area contributed by atoms with E-state index in [4.69, 9.17) is 4.74 Å². The molecule has 0 radical (unpaired) electrons. The average Bonchev–Trinajstić information content (AvgIpc) is 3.19.